The average Bonchev–Trinajstić information content (AvgIpc) is 3.99. The van der Waals surface area contributed by atoms with Gasteiger partial charge in [-0.3, -0.25) is 0 Å². The highest BCUT2D eigenvalue weighted by molar-refractivity contribution is 6.00. The maximum Gasteiger partial charge on any atom is 0.0738 e. The molecule has 2 aliphatic heterocycles. The molecule has 10 N–H and O–H groups in total. The van der Waals surface area contributed by atoms with Crippen molar-refractivity contribution >= 4 is 69.1 Å². The summed E-state index contributed by atoms with van der Waals surface area (Å²) < 4.78 is 0. The molecule has 0 saturated heterocycles. The van der Waals surface area contributed by atoms with Gasteiger partial charge in [0.15, 0.2) is 0 Å². The largest absolute Gasteiger partial charge is 0.399 e. The van der Waals surface area contributed by atoms with E-state index in [0.717, 1.165) is 89.4 Å². The quantitative estimate of drug-likeness (QED) is 0.102. The summed E-state index contributed by atoms with van der Waals surface area (Å²) in [4.78, 5) is 18.2. The van der Waals surface area contributed by atoms with E-state index < -0.39 is 0 Å². The van der Waals surface area contributed by atoms with Gasteiger partial charge in [0.05, 0.1) is 22.8 Å². The molecule has 0 saturated carbocycles. The molecule has 7 aromatic rings. The van der Waals surface area contributed by atoms with E-state index in [9.17, 15) is 0 Å². The molecule has 4 aromatic carbocycles. The highest BCUT2D eigenvalue weighted by atomic mass is 14.8. The number of fused-ring (bicyclic) bond motifs is 8. The molecule has 0 atom stereocenters. The van der Waals surface area contributed by atoms with Crippen molar-refractivity contribution in [3.63, 3.8) is 0 Å². The van der Waals surface area contributed by atoms with Crippen molar-refractivity contribution in [3.8, 4) is 44.5 Å². The zero-order chi connectivity index (χ0) is 35.3. The van der Waals surface area contributed by atoms with Crippen LogP contribution in [0.3, 0.4) is 0 Å². The van der Waals surface area contributed by atoms with Crippen LogP contribution in [0.2, 0.25) is 0 Å². The molecule has 8 nitrogen and oxygen atoms in total. The summed E-state index contributed by atoms with van der Waals surface area (Å²) in [6, 6.07) is 40.0. The fourth-order valence-electron chi connectivity index (χ4n) is 7.02. The molecule has 250 valence electrons. The van der Waals surface area contributed by atoms with Gasteiger partial charge < -0.3 is 32.9 Å². The third-order valence-corrected chi connectivity index (χ3v) is 9.55. The molecule has 0 spiro atoms. The first kappa shape index (κ1) is 30.7. The van der Waals surface area contributed by atoms with Gasteiger partial charge in [0, 0.05) is 67.1 Å². The average molecular weight is 675 g/mol. The SMILES string of the molecule is Nc1ccc(-c2c3nc(c(-c4ccc(N)cc4)c4ccc([nH]4)c(-c4ccc(N)cc4)c4ccc([nH]4)c(-c4ccc(N)cc4)c4nc2C=C4)C=C3)cc1. The Balaban J connectivity index is 1.47. The van der Waals surface area contributed by atoms with Crippen LogP contribution in [0.4, 0.5) is 22.7 Å². The lowest BCUT2D eigenvalue weighted by Crippen LogP contribution is -1.92. The van der Waals surface area contributed by atoms with Crippen molar-refractivity contribution in [1.29, 1.82) is 0 Å². The molecular weight excluding hydrogens is 641 g/mol. The van der Waals surface area contributed by atoms with E-state index >= 15 is 0 Å². The van der Waals surface area contributed by atoms with E-state index in [2.05, 4.69) is 58.5 Å². The number of nitrogen functional groups attached to an aromatic ring is 4. The topological polar surface area (TPSA) is 161 Å². The van der Waals surface area contributed by atoms with Gasteiger partial charge in [-0.2, -0.15) is 0 Å². The number of nitrogens with one attached hydrogen (secondary N) is 2. The van der Waals surface area contributed by atoms with Crippen LogP contribution in [0.15, 0.2) is 121 Å². The molecule has 2 aliphatic rings. The number of hydrogen-bond acceptors (Lipinski definition) is 6. The second-order valence-electron chi connectivity index (χ2n) is 13.0. The van der Waals surface area contributed by atoms with Crippen molar-refractivity contribution in [1.82, 2.24) is 19.9 Å². The van der Waals surface area contributed by atoms with E-state index in [1.807, 2.05) is 97.1 Å². The van der Waals surface area contributed by atoms with Crippen LogP contribution in [0.1, 0.15) is 22.8 Å². The van der Waals surface area contributed by atoms with Crippen LogP contribution in [0.5, 0.6) is 0 Å². The van der Waals surface area contributed by atoms with Crippen LogP contribution in [-0.2, 0) is 0 Å². The van der Waals surface area contributed by atoms with Crippen molar-refractivity contribution in [2.75, 3.05) is 22.9 Å². The minimum atomic E-state index is 0.683. The molecule has 0 radical (unpaired) electrons. The number of rotatable bonds is 4. The van der Waals surface area contributed by atoms with Crippen molar-refractivity contribution in [2.45, 2.75) is 0 Å². The summed E-state index contributed by atoms with van der Waals surface area (Å²) >= 11 is 0. The number of benzene rings is 4. The van der Waals surface area contributed by atoms with Gasteiger partial charge >= 0.3 is 0 Å². The first-order chi connectivity index (χ1) is 25.4. The van der Waals surface area contributed by atoms with Crippen LogP contribution in [-0.4, -0.2) is 19.9 Å². The lowest BCUT2D eigenvalue weighted by Gasteiger charge is -2.07. The summed E-state index contributed by atoms with van der Waals surface area (Å²) in [5.74, 6) is 0. The van der Waals surface area contributed by atoms with Gasteiger partial charge in [-0.05, 0) is 119 Å². The summed E-state index contributed by atoms with van der Waals surface area (Å²) in [6.45, 7) is 0. The fraction of sp³-hybridized carbons (Fsp3) is 0. The maximum absolute atomic E-state index is 6.15. The second kappa shape index (κ2) is 12.2. The molecule has 8 bridgehead atoms. The highest BCUT2D eigenvalue weighted by Gasteiger charge is 2.19. The van der Waals surface area contributed by atoms with Gasteiger partial charge in [0.2, 0.25) is 0 Å². The van der Waals surface area contributed by atoms with Gasteiger partial charge in [0.25, 0.3) is 0 Å². The molecule has 0 fully saturated rings. The minimum Gasteiger partial charge on any atom is -0.399 e. The summed E-state index contributed by atoms with van der Waals surface area (Å²) in [7, 11) is 0. The van der Waals surface area contributed by atoms with E-state index in [0.29, 0.717) is 22.7 Å². The molecule has 9 rings (SSSR count). The van der Waals surface area contributed by atoms with Crippen LogP contribution in [0, 0.1) is 0 Å². The van der Waals surface area contributed by atoms with Crippen LogP contribution >= 0.6 is 0 Å². The fourth-order valence-corrected chi connectivity index (χ4v) is 7.02. The molecule has 5 heterocycles. The van der Waals surface area contributed by atoms with E-state index in [-0.39, 0.29) is 0 Å². The Labute approximate surface area is 299 Å². The molecular formula is C44H34N8. The van der Waals surface area contributed by atoms with Crippen molar-refractivity contribution in [2.24, 2.45) is 0 Å². The van der Waals surface area contributed by atoms with Gasteiger partial charge in [-0.15, -0.1) is 0 Å². The Bertz CT molecular complexity index is 2590. The number of anilines is 4. The molecule has 3 aromatic heterocycles. The summed E-state index contributed by atoms with van der Waals surface area (Å²) in [6.07, 6.45) is 8.24. The van der Waals surface area contributed by atoms with Crippen LogP contribution in [0.25, 0.3) is 90.9 Å². The normalized spacial score (nSPS) is 12.0. The minimum absolute atomic E-state index is 0.683. The summed E-state index contributed by atoms with van der Waals surface area (Å²) in [5, 5.41) is 0. The summed E-state index contributed by atoms with van der Waals surface area (Å²) in [5.41, 5.74) is 41.9. The van der Waals surface area contributed by atoms with Gasteiger partial charge in [0.1, 0.15) is 0 Å². The predicted octanol–water partition coefficient (Wildman–Crippen LogP) is 9.65. The first-order valence-corrected chi connectivity index (χ1v) is 17.0. The maximum atomic E-state index is 6.15. The Hall–Kier alpha value is -7.32. The molecule has 52 heavy (non-hydrogen) atoms. The van der Waals surface area contributed by atoms with E-state index in [1.165, 1.54) is 0 Å². The number of aromatic amines is 2. The standard InChI is InChI=1S/C44H34N8/c45-29-9-1-25(2-10-29)41-33-17-19-35(49-33)42(26-3-11-30(46)12-4-26)37-21-23-39(51-37)44(28-7-15-32(48)16-8-28)40-24-22-38(52-40)43(36-20-18-34(41)50-36)27-5-13-31(47)14-6-27/h1-24,49-50H,45-48H2. The lowest BCUT2D eigenvalue weighted by molar-refractivity contribution is 1.28. The zero-order valence-corrected chi connectivity index (χ0v) is 28.1. The zero-order valence-electron chi connectivity index (χ0n) is 28.1. The molecule has 0 aliphatic carbocycles. The number of nitrogens with two attached hydrogens (primary N) is 4. The Morgan fingerprint density at radius 3 is 0.865 bits per heavy atom. The Kier molecular flexibility index (Phi) is 7.22. The third-order valence-electron chi connectivity index (χ3n) is 9.55. The second-order valence-corrected chi connectivity index (χ2v) is 13.0. The third kappa shape index (κ3) is 5.45. The van der Waals surface area contributed by atoms with Crippen LogP contribution < -0.4 is 22.9 Å². The Morgan fingerprint density at radius 2 is 0.538 bits per heavy atom. The van der Waals surface area contributed by atoms with E-state index in [1.54, 1.807) is 0 Å². The van der Waals surface area contributed by atoms with Crippen molar-refractivity contribution < 1.29 is 0 Å². The van der Waals surface area contributed by atoms with Gasteiger partial charge in [-0.25, -0.2) is 9.97 Å². The van der Waals surface area contributed by atoms with E-state index in [4.69, 9.17) is 32.9 Å². The number of H-pyrrole nitrogens is 2. The highest BCUT2D eigenvalue weighted by Crippen LogP contribution is 2.39. The molecule has 0 amide bonds. The van der Waals surface area contributed by atoms with Gasteiger partial charge in [-0.1, -0.05) is 48.5 Å². The predicted molar refractivity (Wildman–Crippen MR) is 218 cm³/mol. The first-order valence-electron chi connectivity index (χ1n) is 17.0. The molecule has 0 unspecified atom stereocenters. The lowest BCUT2D eigenvalue weighted by atomic mass is 10.0. The van der Waals surface area contributed by atoms with Crippen molar-refractivity contribution in [3.05, 3.63) is 144 Å². The monoisotopic (exact) mass is 674 g/mol. The number of nitrogens with zero attached hydrogens (tertiary/aromatic N) is 2. The number of aromatic nitrogens is 4. The smallest absolute Gasteiger partial charge is 0.0738 e. The Morgan fingerprint density at radius 1 is 0.288 bits per heavy atom. The molecule has 8 heteroatoms. The number of hydrogen-bond donors (Lipinski definition) is 6.